The van der Waals surface area contributed by atoms with Crippen molar-refractivity contribution in [1.82, 2.24) is 5.32 Å². The van der Waals surface area contributed by atoms with Gasteiger partial charge in [-0.1, -0.05) is 13.8 Å². The molecule has 0 aliphatic carbocycles. The Labute approximate surface area is 119 Å². The summed E-state index contributed by atoms with van der Waals surface area (Å²) in [5.74, 6) is -1.42. The molecule has 20 heavy (non-hydrogen) atoms. The summed E-state index contributed by atoms with van der Waals surface area (Å²) in [4.78, 5) is 22.4. The normalized spacial score (nSPS) is 21.6. The predicted octanol–water partition coefficient (Wildman–Crippen LogP) is 0.818. The van der Waals surface area contributed by atoms with Crippen molar-refractivity contribution >= 4 is 21.7 Å². The molecule has 1 unspecified atom stereocenters. The van der Waals surface area contributed by atoms with Crippen LogP contribution in [0.4, 0.5) is 0 Å². The van der Waals surface area contributed by atoms with E-state index in [1.807, 2.05) is 13.8 Å². The van der Waals surface area contributed by atoms with Crippen molar-refractivity contribution < 1.29 is 23.1 Å². The summed E-state index contributed by atoms with van der Waals surface area (Å²) in [5.41, 5.74) is -0.159. The molecular formula is C13H23NO5S. The molecule has 0 aromatic rings. The van der Waals surface area contributed by atoms with E-state index in [-0.39, 0.29) is 29.2 Å². The van der Waals surface area contributed by atoms with Gasteiger partial charge in [-0.25, -0.2) is 8.42 Å². The third-order valence-corrected chi connectivity index (χ3v) is 5.49. The minimum atomic E-state index is -3.04. The highest BCUT2D eigenvalue weighted by Crippen LogP contribution is 2.26. The molecule has 0 spiro atoms. The van der Waals surface area contributed by atoms with Gasteiger partial charge in [0.05, 0.1) is 17.4 Å². The van der Waals surface area contributed by atoms with Gasteiger partial charge in [-0.15, -0.1) is 0 Å². The van der Waals surface area contributed by atoms with Gasteiger partial charge in [0.15, 0.2) is 9.84 Å². The fourth-order valence-corrected chi connectivity index (χ4v) is 3.98. The standard InChI is InChI=1S/C13H23NO5S/c1-13(2,5-3-11(15)16)6-7-14-12(17)10-4-8-20(18,19)9-10/h10H,3-9H2,1-2H3,(H,14,17)(H,15,16). The Bertz CT molecular complexity index is 469. The fraction of sp³-hybridized carbons (Fsp3) is 0.846. The molecule has 1 saturated heterocycles. The molecule has 1 aliphatic heterocycles. The zero-order valence-electron chi connectivity index (χ0n) is 12.0. The van der Waals surface area contributed by atoms with E-state index in [2.05, 4.69) is 5.32 Å². The molecule has 2 N–H and O–H groups in total. The van der Waals surface area contributed by atoms with E-state index in [0.717, 1.165) is 0 Å². The van der Waals surface area contributed by atoms with Gasteiger partial charge >= 0.3 is 5.97 Å². The molecule has 1 atom stereocenters. The van der Waals surface area contributed by atoms with Crippen LogP contribution >= 0.6 is 0 Å². The lowest BCUT2D eigenvalue weighted by Gasteiger charge is -2.24. The molecule has 0 aromatic carbocycles. The number of carboxylic acids is 1. The van der Waals surface area contributed by atoms with Crippen molar-refractivity contribution in [3.8, 4) is 0 Å². The minimum absolute atomic E-state index is 0.0543. The molecule has 0 aromatic heterocycles. The van der Waals surface area contributed by atoms with Crippen LogP contribution in [0.5, 0.6) is 0 Å². The third kappa shape index (κ3) is 5.90. The van der Waals surface area contributed by atoms with Gasteiger partial charge in [-0.3, -0.25) is 9.59 Å². The van der Waals surface area contributed by atoms with E-state index in [1.165, 1.54) is 0 Å². The first-order valence-corrected chi connectivity index (χ1v) is 8.63. The molecule has 6 nitrogen and oxygen atoms in total. The van der Waals surface area contributed by atoms with Crippen LogP contribution < -0.4 is 5.32 Å². The van der Waals surface area contributed by atoms with Crippen LogP contribution in [-0.2, 0) is 19.4 Å². The smallest absolute Gasteiger partial charge is 0.303 e. The van der Waals surface area contributed by atoms with Crippen molar-refractivity contribution in [3.63, 3.8) is 0 Å². The lowest BCUT2D eigenvalue weighted by atomic mass is 9.84. The van der Waals surface area contributed by atoms with Crippen LogP contribution in [0, 0.1) is 11.3 Å². The summed E-state index contributed by atoms with van der Waals surface area (Å²) >= 11 is 0. The Hall–Kier alpha value is -1.11. The van der Waals surface area contributed by atoms with Gasteiger partial charge in [0, 0.05) is 13.0 Å². The van der Waals surface area contributed by atoms with Crippen LogP contribution in [0.3, 0.4) is 0 Å². The SMILES string of the molecule is CC(C)(CCNC(=O)C1CCS(=O)(=O)C1)CCC(=O)O. The van der Waals surface area contributed by atoms with E-state index < -0.39 is 21.7 Å². The minimum Gasteiger partial charge on any atom is -0.481 e. The van der Waals surface area contributed by atoms with E-state index >= 15 is 0 Å². The maximum atomic E-state index is 11.8. The Balaban J connectivity index is 2.30. The number of carbonyl (C=O) groups excluding carboxylic acids is 1. The summed E-state index contributed by atoms with van der Waals surface area (Å²) in [7, 11) is -3.04. The first-order chi connectivity index (χ1) is 9.11. The second kappa shape index (κ2) is 6.56. The van der Waals surface area contributed by atoms with Gasteiger partial charge in [-0.05, 0) is 24.7 Å². The summed E-state index contributed by atoms with van der Waals surface area (Å²) in [6.07, 6.45) is 1.74. The van der Waals surface area contributed by atoms with Gasteiger partial charge < -0.3 is 10.4 Å². The summed E-state index contributed by atoms with van der Waals surface area (Å²) < 4.78 is 22.6. The number of aliphatic carboxylic acids is 1. The van der Waals surface area contributed by atoms with Crippen LogP contribution in [0.2, 0.25) is 0 Å². The second-order valence-corrected chi connectivity index (χ2v) is 8.43. The number of nitrogens with one attached hydrogen (secondary N) is 1. The molecule has 1 fully saturated rings. The van der Waals surface area contributed by atoms with Gasteiger partial charge in [0.25, 0.3) is 0 Å². The zero-order valence-corrected chi connectivity index (χ0v) is 12.8. The molecule has 0 saturated carbocycles. The van der Waals surface area contributed by atoms with Crippen LogP contribution in [0.15, 0.2) is 0 Å². The Morgan fingerprint density at radius 1 is 1.30 bits per heavy atom. The third-order valence-electron chi connectivity index (χ3n) is 3.72. The quantitative estimate of drug-likeness (QED) is 0.725. The maximum absolute atomic E-state index is 11.8. The predicted molar refractivity (Wildman–Crippen MR) is 75.0 cm³/mol. The molecule has 0 bridgehead atoms. The molecule has 1 heterocycles. The van der Waals surface area contributed by atoms with Crippen molar-refractivity contribution in [2.45, 2.75) is 39.5 Å². The van der Waals surface area contributed by atoms with Gasteiger partial charge in [0.1, 0.15) is 0 Å². The number of hydrogen-bond donors (Lipinski definition) is 2. The van der Waals surface area contributed by atoms with Crippen LogP contribution in [0.1, 0.15) is 39.5 Å². The number of sulfone groups is 1. The Kier molecular flexibility index (Phi) is 5.56. The number of hydrogen-bond acceptors (Lipinski definition) is 4. The summed E-state index contributed by atoms with van der Waals surface area (Å²) in [6, 6.07) is 0. The Morgan fingerprint density at radius 2 is 1.95 bits per heavy atom. The molecule has 1 amide bonds. The van der Waals surface area contributed by atoms with Crippen LogP contribution in [0.25, 0.3) is 0 Å². The maximum Gasteiger partial charge on any atom is 0.303 e. The summed E-state index contributed by atoms with van der Waals surface area (Å²) in [6.45, 7) is 4.37. The number of amides is 1. The second-order valence-electron chi connectivity index (χ2n) is 6.20. The van der Waals surface area contributed by atoms with E-state index in [1.54, 1.807) is 0 Å². The van der Waals surface area contributed by atoms with E-state index in [0.29, 0.717) is 25.8 Å². The van der Waals surface area contributed by atoms with Crippen LogP contribution in [-0.4, -0.2) is 43.5 Å². The molecule has 0 radical (unpaired) electrons. The van der Waals surface area contributed by atoms with Gasteiger partial charge in [0.2, 0.25) is 5.91 Å². The van der Waals surface area contributed by atoms with Crippen molar-refractivity contribution in [1.29, 1.82) is 0 Å². The average molecular weight is 305 g/mol. The highest BCUT2D eigenvalue weighted by atomic mass is 32.2. The first-order valence-electron chi connectivity index (χ1n) is 6.81. The topological polar surface area (TPSA) is 101 Å². The number of carbonyl (C=O) groups is 2. The average Bonchev–Trinajstić information content (AvgIpc) is 2.67. The molecule has 7 heteroatoms. The number of rotatable bonds is 7. The van der Waals surface area contributed by atoms with Crippen molar-refractivity contribution in [2.75, 3.05) is 18.1 Å². The lowest BCUT2D eigenvalue weighted by molar-refractivity contribution is -0.137. The first kappa shape index (κ1) is 16.9. The highest BCUT2D eigenvalue weighted by Gasteiger charge is 2.32. The van der Waals surface area contributed by atoms with E-state index in [4.69, 9.17) is 5.11 Å². The summed E-state index contributed by atoms with van der Waals surface area (Å²) in [5, 5.41) is 11.4. The molecule has 1 rings (SSSR count). The van der Waals surface area contributed by atoms with Gasteiger partial charge in [-0.2, -0.15) is 0 Å². The van der Waals surface area contributed by atoms with Crippen molar-refractivity contribution in [2.24, 2.45) is 11.3 Å². The van der Waals surface area contributed by atoms with E-state index in [9.17, 15) is 18.0 Å². The monoisotopic (exact) mass is 305 g/mol. The van der Waals surface area contributed by atoms with Crippen molar-refractivity contribution in [3.05, 3.63) is 0 Å². The zero-order chi connectivity index (χ0) is 15.4. The molecular weight excluding hydrogens is 282 g/mol. The Morgan fingerprint density at radius 3 is 2.45 bits per heavy atom. The largest absolute Gasteiger partial charge is 0.481 e. The molecule has 116 valence electrons. The number of carboxylic acid groups (broad SMARTS) is 1. The fourth-order valence-electron chi connectivity index (χ4n) is 2.24. The molecule has 1 aliphatic rings. The lowest BCUT2D eigenvalue weighted by Crippen LogP contribution is -2.34. The highest BCUT2D eigenvalue weighted by molar-refractivity contribution is 7.91.